The van der Waals surface area contributed by atoms with Crippen LogP contribution < -0.4 is 5.73 Å². The summed E-state index contributed by atoms with van der Waals surface area (Å²) in [6.07, 6.45) is 9.87. The van der Waals surface area contributed by atoms with Crippen molar-refractivity contribution in [3.63, 3.8) is 0 Å². The first-order valence-corrected chi connectivity index (χ1v) is 9.42. The fourth-order valence-corrected chi connectivity index (χ4v) is 2.95. The number of rotatable bonds is 7. The van der Waals surface area contributed by atoms with Crippen LogP contribution >= 0.6 is 0 Å². The lowest BCUT2D eigenvalue weighted by Crippen LogP contribution is -1.91. The van der Waals surface area contributed by atoms with Gasteiger partial charge in [0, 0.05) is 5.70 Å². The lowest BCUT2D eigenvalue weighted by atomic mass is 9.98. The van der Waals surface area contributed by atoms with E-state index in [4.69, 9.17) is 5.73 Å². The summed E-state index contributed by atoms with van der Waals surface area (Å²) >= 11 is 0. The van der Waals surface area contributed by atoms with Crippen LogP contribution in [0, 0.1) is 0 Å². The number of unbranched alkanes of at least 4 members (excludes halogenated alkanes) is 1. The van der Waals surface area contributed by atoms with Gasteiger partial charge in [-0.25, -0.2) is 0 Å². The zero-order valence-corrected chi connectivity index (χ0v) is 16.6. The van der Waals surface area contributed by atoms with Gasteiger partial charge in [0.25, 0.3) is 0 Å². The number of aryl methyl sites for hydroxylation is 1. The van der Waals surface area contributed by atoms with Crippen LogP contribution in [0.5, 0.6) is 0 Å². The molecule has 0 radical (unpaired) electrons. The highest BCUT2D eigenvalue weighted by Crippen LogP contribution is 2.23. The van der Waals surface area contributed by atoms with E-state index in [1.165, 1.54) is 52.3 Å². The van der Waals surface area contributed by atoms with E-state index in [1.807, 2.05) is 6.08 Å². The van der Waals surface area contributed by atoms with E-state index in [-0.39, 0.29) is 0 Å². The van der Waals surface area contributed by atoms with Gasteiger partial charge in [-0.15, -0.1) is 0 Å². The summed E-state index contributed by atoms with van der Waals surface area (Å²) in [6, 6.07) is 13.6. The monoisotopic (exact) mass is 345 g/mol. The summed E-state index contributed by atoms with van der Waals surface area (Å²) < 4.78 is 0. The van der Waals surface area contributed by atoms with Gasteiger partial charge in [0.2, 0.25) is 0 Å². The minimum absolute atomic E-state index is 0.587. The highest BCUT2D eigenvalue weighted by molar-refractivity contribution is 5.86. The Morgan fingerprint density at radius 2 is 1.65 bits per heavy atom. The fourth-order valence-electron chi connectivity index (χ4n) is 2.95. The molecule has 0 spiro atoms. The average molecular weight is 346 g/mol. The Labute approximate surface area is 158 Å². The quantitative estimate of drug-likeness (QED) is 0.540. The molecule has 2 N–H and O–H groups in total. The van der Waals surface area contributed by atoms with Crippen molar-refractivity contribution in [3.05, 3.63) is 89.2 Å². The zero-order chi connectivity index (χ0) is 19.1. The first kappa shape index (κ1) is 19.8. The number of hydrogen-bond acceptors (Lipinski definition) is 1. The maximum absolute atomic E-state index is 5.65. The fraction of sp³-hybridized carbons (Fsp3) is 0.280. The molecule has 2 aromatic rings. The molecular weight excluding hydrogens is 314 g/mol. The zero-order valence-electron chi connectivity index (χ0n) is 16.6. The topological polar surface area (TPSA) is 26.0 Å². The molecule has 2 aromatic carbocycles. The van der Waals surface area contributed by atoms with Crippen molar-refractivity contribution < 1.29 is 0 Å². The molecule has 0 atom stereocenters. The Hall–Kier alpha value is -2.54. The van der Waals surface area contributed by atoms with Gasteiger partial charge in [0.05, 0.1) is 0 Å². The molecule has 0 fully saturated rings. The number of allylic oxidation sites excluding steroid dienone is 6. The maximum Gasteiger partial charge on any atom is 0.0243 e. The van der Waals surface area contributed by atoms with Crippen LogP contribution in [0.4, 0.5) is 0 Å². The predicted molar refractivity (Wildman–Crippen MR) is 117 cm³/mol. The van der Waals surface area contributed by atoms with Gasteiger partial charge in [-0.3, -0.25) is 0 Å². The Morgan fingerprint density at radius 1 is 0.962 bits per heavy atom. The highest BCUT2D eigenvalue weighted by atomic mass is 14.5. The molecule has 0 heterocycles. The highest BCUT2D eigenvalue weighted by Gasteiger charge is 2.01. The predicted octanol–water partition coefficient (Wildman–Crippen LogP) is 6.95. The summed E-state index contributed by atoms with van der Waals surface area (Å²) in [6.45, 7) is 12.3. The van der Waals surface area contributed by atoms with Crippen molar-refractivity contribution in [2.45, 2.75) is 47.0 Å². The van der Waals surface area contributed by atoms with Crippen LogP contribution in [0.25, 0.3) is 16.3 Å². The second-order valence-electron chi connectivity index (χ2n) is 7.10. The normalized spacial score (nSPS) is 13.3. The molecule has 26 heavy (non-hydrogen) atoms. The molecule has 0 saturated heterocycles. The molecule has 136 valence electrons. The minimum atomic E-state index is 0.587. The molecule has 0 bridgehead atoms. The largest absolute Gasteiger partial charge is 0.399 e. The Bertz CT molecular complexity index is 878. The lowest BCUT2D eigenvalue weighted by molar-refractivity contribution is 0.796. The van der Waals surface area contributed by atoms with Crippen molar-refractivity contribution in [3.8, 4) is 0 Å². The smallest absolute Gasteiger partial charge is 0.0243 e. The third-order valence-electron chi connectivity index (χ3n) is 4.79. The van der Waals surface area contributed by atoms with E-state index in [2.05, 4.69) is 82.8 Å². The van der Waals surface area contributed by atoms with E-state index >= 15 is 0 Å². The van der Waals surface area contributed by atoms with Crippen molar-refractivity contribution in [1.82, 2.24) is 0 Å². The van der Waals surface area contributed by atoms with E-state index < -0.39 is 0 Å². The molecule has 0 aliphatic carbocycles. The minimum Gasteiger partial charge on any atom is -0.399 e. The van der Waals surface area contributed by atoms with Crippen molar-refractivity contribution in [2.24, 2.45) is 5.73 Å². The summed E-state index contributed by atoms with van der Waals surface area (Å²) in [5.41, 5.74) is 12.5. The average Bonchev–Trinajstić information content (AvgIpc) is 2.62. The third-order valence-corrected chi connectivity index (χ3v) is 4.79. The van der Waals surface area contributed by atoms with Crippen LogP contribution in [-0.4, -0.2) is 0 Å². The Balaban J connectivity index is 2.24. The van der Waals surface area contributed by atoms with Gasteiger partial charge in [0.15, 0.2) is 0 Å². The van der Waals surface area contributed by atoms with Gasteiger partial charge >= 0.3 is 0 Å². The first-order chi connectivity index (χ1) is 12.4. The molecule has 0 unspecified atom stereocenters. The number of nitrogens with two attached hydrogens (primary N) is 1. The molecule has 0 saturated carbocycles. The standard InChI is InChI=1S/C25H31N/c1-6-7-8-22-11-12-25-17-23(13-14-24(25)16-22)19(3)10-9-18(2)20(4)15-21(5)26/h9-17H,5-8,26H2,1-4H3/b18-9+,19-10+,20-15+. The van der Waals surface area contributed by atoms with Gasteiger partial charge in [-0.1, -0.05) is 62.4 Å². The van der Waals surface area contributed by atoms with Gasteiger partial charge in [-0.05, 0) is 84.4 Å². The van der Waals surface area contributed by atoms with Crippen molar-refractivity contribution in [1.29, 1.82) is 0 Å². The molecule has 1 nitrogen and oxygen atoms in total. The SMILES string of the molecule is C=C(N)/C=C(C)/C(C)=C/C=C(\C)c1ccc2cc(CCCC)ccc2c1. The number of benzene rings is 2. The number of hydrogen-bond donors (Lipinski definition) is 1. The van der Waals surface area contributed by atoms with Gasteiger partial charge < -0.3 is 5.73 Å². The van der Waals surface area contributed by atoms with Crippen LogP contribution in [0.1, 0.15) is 51.7 Å². The van der Waals surface area contributed by atoms with E-state index in [0.717, 1.165) is 5.57 Å². The van der Waals surface area contributed by atoms with Crippen molar-refractivity contribution in [2.75, 3.05) is 0 Å². The molecular formula is C25H31N. The van der Waals surface area contributed by atoms with Crippen LogP contribution in [0.15, 0.2) is 78.0 Å². The van der Waals surface area contributed by atoms with E-state index in [9.17, 15) is 0 Å². The molecule has 0 amide bonds. The van der Waals surface area contributed by atoms with Crippen LogP contribution in [0.2, 0.25) is 0 Å². The van der Waals surface area contributed by atoms with Gasteiger partial charge in [-0.2, -0.15) is 0 Å². The molecule has 2 rings (SSSR count). The van der Waals surface area contributed by atoms with Crippen molar-refractivity contribution >= 4 is 16.3 Å². The summed E-state index contributed by atoms with van der Waals surface area (Å²) in [4.78, 5) is 0. The Kier molecular flexibility index (Phi) is 7.03. The summed E-state index contributed by atoms with van der Waals surface area (Å²) in [5.74, 6) is 0. The first-order valence-electron chi connectivity index (χ1n) is 9.42. The summed E-state index contributed by atoms with van der Waals surface area (Å²) in [5, 5.41) is 2.62. The lowest BCUT2D eigenvalue weighted by Gasteiger charge is -2.07. The third kappa shape index (κ3) is 5.49. The molecule has 1 heteroatoms. The maximum atomic E-state index is 5.65. The van der Waals surface area contributed by atoms with E-state index in [1.54, 1.807) is 0 Å². The second-order valence-corrected chi connectivity index (χ2v) is 7.10. The second kappa shape index (κ2) is 9.24. The number of fused-ring (bicyclic) bond motifs is 1. The summed E-state index contributed by atoms with van der Waals surface area (Å²) in [7, 11) is 0. The van der Waals surface area contributed by atoms with Gasteiger partial charge in [0.1, 0.15) is 0 Å². The van der Waals surface area contributed by atoms with Crippen LogP contribution in [0.3, 0.4) is 0 Å². The van der Waals surface area contributed by atoms with Crippen LogP contribution in [-0.2, 0) is 6.42 Å². The Morgan fingerprint density at radius 3 is 2.35 bits per heavy atom. The molecule has 0 aliphatic heterocycles. The van der Waals surface area contributed by atoms with E-state index in [0.29, 0.717) is 5.70 Å². The molecule has 0 aliphatic rings. The molecule has 0 aromatic heterocycles.